The van der Waals surface area contributed by atoms with Gasteiger partial charge in [0.25, 0.3) is 0 Å². The first-order valence-corrected chi connectivity index (χ1v) is 7.29. The molecule has 0 aliphatic heterocycles. The van der Waals surface area contributed by atoms with Crippen LogP contribution in [0.4, 0.5) is 5.69 Å². The number of hydrogen-bond acceptors (Lipinski definition) is 6. The van der Waals surface area contributed by atoms with Gasteiger partial charge in [-0.05, 0) is 30.3 Å². The number of aromatic nitrogens is 4. The van der Waals surface area contributed by atoms with Gasteiger partial charge in [-0.2, -0.15) is 0 Å². The van der Waals surface area contributed by atoms with E-state index < -0.39 is 16.2 Å². The predicted molar refractivity (Wildman–Crippen MR) is 80.2 cm³/mol. The van der Waals surface area contributed by atoms with Crippen molar-refractivity contribution in [1.29, 1.82) is 0 Å². The molecule has 0 aliphatic rings. The van der Waals surface area contributed by atoms with Gasteiger partial charge in [-0.15, -0.1) is 0 Å². The summed E-state index contributed by atoms with van der Waals surface area (Å²) in [5.74, 6) is 0. The minimum Gasteiger partial charge on any atom is -0.337 e. The van der Waals surface area contributed by atoms with Crippen LogP contribution < -0.4 is 5.56 Å². The molecule has 9 heteroatoms. The van der Waals surface area contributed by atoms with Crippen LogP contribution in [0.25, 0.3) is 5.65 Å². The number of nitrogens with one attached hydrogen (secondary N) is 1. The van der Waals surface area contributed by atoms with Crippen molar-refractivity contribution < 1.29 is 4.92 Å². The van der Waals surface area contributed by atoms with E-state index in [1.807, 2.05) is 6.92 Å². The van der Waals surface area contributed by atoms with Crippen molar-refractivity contribution in [2.24, 2.45) is 0 Å². The number of rotatable bonds is 4. The first-order chi connectivity index (χ1) is 10.6. The van der Waals surface area contributed by atoms with E-state index in [-0.39, 0.29) is 5.03 Å². The van der Waals surface area contributed by atoms with E-state index in [0.29, 0.717) is 10.8 Å². The smallest absolute Gasteiger partial charge is 0.337 e. The van der Waals surface area contributed by atoms with Crippen LogP contribution in [0.3, 0.4) is 0 Å². The Balaban J connectivity index is 2.16. The molecule has 3 aromatic rings. The van der Waals surface area contributed by atoms with E-state index >= 15 is 0 Å². The van der Waals surface area contributed by atoms with Crippen LogP contribution in [0.1, 0.15) is 12.6 Å². The summed E-state index contributed by atoms with van der Waals surface area (Å²) in [5, 5.41) is 11.7. The minimum absolute atomic E-state index is 0.0261. The summed E-state index contributed by atoms with van der Waals surface area (Å²) in [6.45, 7) is 1.96. The summed E-state index contributed by atoms with van der Waals surface area (Å²) < 4.78 is 1.15. The summed E-state index contributed by atoms with van der Waals surface area (Å²) in [5.41, 5.74) is -0.00550. The molecule has 0 bridgehead atoms. The van der Waals surface area contributed by atoms with Gasteiger partial charge in [0.1, 0.15) is 5.65 Å². The summed E-state index contributed by atoms with van der Waals surface area (Å²) in [4.78, 5) is 34.2. The SMILES string of the molecule is CCc1cnc(Sc2nc3ccccn3c(=O)c2[N+](=O)[O-])[nH]1. The molecule has 0 atom stereocenters. The van der Waals surface area contributed by atoms with Crippen LogP contribution in [-0.4, -0.2) is 24.3 Å². The Labute approximate surface area is 128 Å². The van der Waals surface area contributed by atoms with Crippen molar-refractivity contribution in [3.05, 3.63) is 56.8 Å². The van der Waals surface area contributed by atoms with E-state index in [4.69, 9.17) is 0 Å². The Kier molecular flexibility index (Phi) is 3.63. The second-order valence-electron chi connectivity index (χ2n) is 4.43. The number of H-pyrrole nitrogens is 1. The molecule has 0 saturated heterocycles. The van der Waals surface area contributed by atoms with Gasteiger partial charge in [0, 0.05) is 18.1 Å². The van der Waals surface area contributed by atoms with Crippen molar-refractivity contribution in [1.82, 2.24) is 19.4 Å². The van der Waals surface area contributed by atoms with Crippen molar-refractivity contribution in [3.63, 3.8) is 0 Å². The molecule has 0 fully saturated rings. The summed E-state index contributed by atoms with van der Waals surface area (Å²) in [6.07, 6.45) is 3.87. The maximum absolute atomic E-state index is 12.3. The lowest BCUT2D eigenvalue weighted by atomic mass is 10.4. The standard InChI is InChI=1S/C13H11N5O3S/c1-2-8-7-14-13(15-8)22-11-10(18(20)21)12(19)17-6-4-3-5-9(17)16-11/h3-7H,2H2,1H3,(H,14,15). The van der Waals surface area contributed by atoms with E-state index in [9.17, 15) is 14.9 Å². The zero-order valence-corrected chi connectivity index (χ0v) is 12.3. The maximum atomic E-state index is 12.3. The van der Waals surface area contributed by atoms with Gasteiger partial charge in [0.2, 0.25) is 0 Å². The normalized spacial score (nSPS) is 11.0. The molecule has 1 N–H and O–H groups in total. The number of hydrogen-bond donors (Lipinski definition) is 1. The predicted octanol–water partition coefficient (Wildman–Crippen LogP) is 2.04. The molecule has 112 valence electrons. The summed E-state index contributed by atoms with van der Waals surface area (Å²) in [7, 11) is 0. The number of nitro groups is 1. The van der Waals surface area contributed by atoms with E-state index in [1.54, 1.807) is 24.4 Å². The Morgan fingerprint density at radius 1 is 1.45 bits per heavy atom. The molecule has 0 unspecified atom stereocenters. The molecule has 0 amide bonds. The third-order valence-electron chi connectivity index (χ3n) is 3.04. The van der Waals surface area contributed by atoms with Crippen LogP contribution >= 0.6 is 11.8 Å². The summed E-state index contributed by atoms with van der Waals surface area (Å²) >= 11 is 0.975. The van der Waals surface area contributed by atoms with Gasteiger partial charge in [0.05, 0.1) is 4.92 Å². The van der Waals surface area contributed by atoms with Crippen LogP contribution in [0.15, 0.2) is 45.6 Å². The highest BCUT2D eigenvalue weighted by molar-refractivity contribution is 7.99. The van der Waals surface area contributed by atoms with Crippen molar-refractivity contribution in [2.45, 2.75) is 23.5 Å². The fraction of sp³-hybridized carbons (Fsp3) is 0.154. The lowest BCUT2D eigenvalue weighted by Crippen LogP contribution is -2.19. The Hall–Kier alpha value is -2.68. The van der Waals surface area contributed by atoms with Crippen LogP contribution in [0, 0.1) is 10.1 Å². The maximum Gasteiger partial charge on any atom is 0.366 e. The van der Waals surface area contributed by atoms with Crippen LogP contribution in [0.2, 0.25) is 0 Å². The van der Waals surface area contributed by atoms with Crippen molar-refractivity contribution in [3.8, 4) is 0 Å². The Morgan fingerprint density at radius 3 is 2.95 bits per heavy atom. The Bertz CT molecular complexity index is 917. The number of aromatic amines is 1. The number of nitrogens with zero attached hydrogens (tertiary/aromatic N) is 4. The van der Waals surface area contributed by atoms with Crippen LogP contribution in [-0.2, 0) is 6.42 Å². The fourth-order valence-corrected chi connectivity index (χ4v) is 2.82. The molecular formula is C13H11N5O3S. The monoisotopic (exact) mass is 317 g/mol. The van der Waals surface area contributed by atoms with Gasteiger partial charge in [-0.1, -0.05) is 13.0 Å². The molecule has 3 aromatic heterocycles. The molecule has 22 heavy (non-hydrogen) atoms. The van der Waals surface area contributed by atoms with Gasteiger partial charge >= 0.3 is 11.2 Å². The molecule has 3 rings (SSSR count). The van der Waals surface area contributed by atoms with Crippen LogP contribution in [0.5, 0.6) is 0 Å². The van der Waals surface area contributed by atoms with Gasteiger partial charge < -0.3 is 4.98 Å². The molecule has 3 heterocycles. The van der Waals surface area contributed by atoms with Crippen molar-refractivity contribution in [2.75, 3.05) is 0 Å². The van der Waals surface area contributed by atoms with Gasteiger partial charge in [0.15, 0.2) is 10.2 Å². The molecule has 0 radical (unpaired) electrons. The second-order valence-corrected chi connectivity index (χ2v) is 5.40. The molecular weight excluding hydrogens is 306 g/mol. The molecule has 0 aliphatic carbocycles. The highest BCUT2D eigenvalue weighted by Crippen LogP contribution is 2.29. The topological polar surface area (TPSA) is 106 Å². The van der Waals surface area contributed by atoms with Gasteiger partial charge in [-0.25, -0.2) is 9.97 Å². The number of aryl methyl sites for hydroxylation is 1. The first-order valence-electron chi connectivity index (χ1n) is 6.47. The van der Waals surface area contributed by atoms with E-state index in [0.717, 1.165) is 28.3 Å². The third-order valence-corrected chi connectivity index (χ3v) is 3.92. The lowest BCUT2D eigenvalue weighted by molar-refractivity contribution is -0.389. The quantitative estimate of drug-likeness (QED) is 0.448. The van der Waals surface area contributed by atoms with Gasteiger partial charge in [-0.3, -0.25) is 19.3 Å². The highest BCUT2D eigenvalue weighted by atomic mass is 32.2. The average molecular weight is 317 g/mol. The number of fused-ring (bicyclic) bond motifs is 1. The zero-order chi connectivity index (χ0) is 15.7. The molecule has 0 spiro atoms. The summed E-state index contributed by atoms with van der Waals surface area (Å²) in [6, 6.07) is 4.95. The highest BCUT2D eigenvalue weighted by Gasteiger charge is 2.24. The third kappa shape index (κ3) is 2.46. The fourth-order valence-electron chi connectivity index (χ4n) is 1.95. The number of imidazole rings is 1. The average Bonchev–Trinajstić information content (AvgIpc) is 2.94. The number of pyridine rings is 1. The van der Waals surface area contributed by atoms with E-state index in [2.05, 4.69) is 15.0 Å². The van der Waals surface area contributed by atoms with Crippen molar-refractivity contribution >= 4 is 23.1 Å². The first kappa shape index (κ1) is 14.3. The molecule has 8 nitrogen and oxygen atoms in total. The second kappa shape index (κ2) is 5.60. The largest absolute Gasteiger partial charge is 0.366 e. The molecule has 0 saturated carbocycles. The zero-order valence-electron chi connectivity index (χ0n) is 11.5. The lowest BCUT2D eigenvalue weighted by Gasteiger charge is -2.03. The molecule has 0 aromatic carbocycles. The Morgan fingerprint density at radius 2 is 2.27 bits per heavy atom. The minimum atomic E-state index is -0.708. The van der Waals surface area contributed by atoms with E-state index in [1.165, 1.54) is 6.20 Å².